The molecule has 18 heavy (non-hydrogen) atoms. The summed E-state index contributed by atoms with van der Waals surface area (Å²) in [5, 5.41) is 10.1. The minimum Gasteiger partial charge on any atom is -0.497 e. The molecule has 1 saturated heterocycles. The second kappa shape index (κ2) is 6.55. The van der Waals surface area contributed by atoms with E-state index in [2.05, 4.69) is 15.9 Å². The Morgan fingerprint density at radius 2 is 2.39 bits per heavy atom. The van der Waals surface area contributed by atoms with Crippen molar-refractivity contribution in [2.24, 2.45) is 5.92 Å². The Hall–Kier alpha value is -0.580. The summed E-state index contributed by atoms with van der Waals surface area (Å²) in [6.45, 7) is 1.62. The van der Waals surface area contributed by atoms with Crippen LogP contribution >= 0.6 is 15.9 Å². The number of methoxy groups -OCH3 is 1. The van der Waals surface area contributed by atoms with E-state index in [0.29, 0.717) is 12.3 Å². The van der Waals surface area contributed by atoms with Crippen LogP contribution in [-0.4, -0.2) is 31.5 Å². The van der Waals surface area contributed by atoms with Gasteiger partial charge in [-0.15, -0.1) is 0 Å². The third-order valence-electron chi connectivity index (χ3n) is 3.34. The smallest absolute Gasteiger partial charge is 0.119 e. The number of benzene rings is 1. The van der Waals surface area contributed by atoms with Crippen LogP contribution in [0, 0.1) is 5.92 Å². The molecule has 1 aromatic rings. The van der Waals surface area contributed by atoms with Gasteiger partial charge in [0.15, 0.2) is 0 Å². The number of rotatable bonds is 5. The van der Waals surface area contributed by atoms with Crippen LogP contribution in [-0.2, 0) is 11.2 Å². The summed E-state index contributed by atoms with van der Waals surface area (Å²) >= 11 is 3.51. The van der Waals surface area contributed by atoms with Crippen molar-refractivity contribution in [2.75, 3.05) is 20.3 Å². The molecule has 2 rings (SSSR count). The van der Waals surface area contributed by atoms with Crippen LogP contribution in [0.2, 0.25) is 0 Å². The lowest BCUT2D eigenvalue weighted by molar-refractivity contribution is 0.128. The summed E-state index contributed by atoms with van der Waals surface area (Å²) in [5.74, 6) is 1.33. The van der Waals surface area contributed by atoms with Crippen LogP contribution in [0.15, 0.2) is 22.7 Å². The number of aliphatic hydroxyl groups is 1. The van der Waals surface area contributed by atoms with E-state index in [1.54, 1.807) is 7.11 Å². The van der Waals surface area contributed by atoms with E-state index >= 15 is 0 Å². The van der Waals surface area contributed by atoms with Crippen molar-refractivity contribution in [1.82, 2.24) is 0 Å². The predicted molar refractivity (Wildman–Crippen MR) is 73.9 cm³/mol. The third kappa shape index (κ3) is 3.70. The number of hydrogen-bond acceptors (Lipinski definition) is 3. The highest BCUT2D eigenvalue weighted by Gasteiger charge is 2.20. The molecule has 2 atom stereocenters. The summed E-state index contributed by atoms with van der Waals surface area (Å²) in [6, 6.07) is 5.84. The zero-order valence-corrected chi connectivity index (χ0v) is 12.1. The molecule has 4 heteroatoms. The zero-order valence-electron chi connectivity index (χ0n) is 10.6. The standard InChI is InChI=1S/C14H19BrO3/c1-17-13-2-3-14(15)11(8-13)7-12(16)6-10-4-5-18-9-10/h2-3,8,10,12,16H,4-7,9H2,1H3. The summed E-state index contributed by atoms with van der Waals surface area (Å²) in [6.07, 6.45) is 2.20. The first kappa shape index (κ1) is 13.8. The molecular weight excluding hydrogens is 296 g/mol. The topological polar surface area (TPSA) is 38.7 Å². The summed E-state index contributed by atoms with van der Waals surface area (Å²) in [5.41, 5.74) is 1.08. The molecule has 0 aromatic heterocycles. The number of aliphatic hydroxyl groups excluding tert-OH is 1. The fourth-order valence-corrected chi connectivity index (χ4v) is 2.73. The van der Waals surface area contributed by atoms with Crippen LogP contribution in [0.4, 0.5) is 0 Å². The van der Waals surface area contributed by atoms with E-state index in [1.807, 2.05) is 18.2 Å². The van der Waals surface area contributed by atoms with Crippen molar-refractivity contribution in [2.45, 2.75) is 25.4 Å². The number of hydrogen-bond donors (Lipinski definition) is 1. The van der Waals surface area contributed by atoms with Crippen molar-refractivity contribution in [1.29, 1.82) is 0 Å². The Balaban J connectivity index is 1.94. The molecule has 0 spiro atoms. The number of halogens is 1. The van der Waals surface area contributed by atoms with E-state index in [1.165, 1.54) is 0 Å². The molecule has 0 radical (unpaired) electrons. The van der Waals surface area contributed by atoms with Gasteiger partial charge in [-0.2, -0.15) is 0 Å². The van der Waals surface area contributed by atoms with Crippen LogP contribution in [0.25, 0.3) is 0 Å². The van der Waals surface area contributed by atoms with E-state index in [-0.39, 0.29) is 6.10 Å². The molecule has 0 aliphatic carbocycles. The Kier molecular flexibility index (Phi) is 5.03. The molecule has 1 heterocycles. The number of ether oxygens (including phenoxy) is 2. The minimum atomic E-state index is -0.319. The lowest BCUT2D eigenvalue weighted by atomic mass is 9.96. The highest BCUT2D eigenvalue weighted by molar-refractivity contribution is 9.10. The summed E-state index contributed by atoms with van der Waals surface area (Å²) in [4.78, 5) is 0. The minimum absolute atomic E-state index is 0.319. The van der Waals surface area contributed by atoms with Gasteiger partial charge >= 0.3 is 0 Å². The molecule has 0 bridgehead atoms. The van der Waals surface area contributed by atoms with Gasteiger partial charge in [0.25, 0.3) is 0 Å². The average molecular weight is 315 g/mol. The first-order chi connectivity index (χ1) is 8.69. The van der Waals surface area contributed by atoms with Crippen molar-refractivity contribution in [3.05, 3.63) is 28.2 Å². The monoisotopic (exact) mass is 314 g/mol. The quantitative estimate of drug-likeness (QED) is 0.908. The largest absolute Gasteiger partial charge is 0.497 e. The molecule has 2 unspecified atom stereocenters. The molecule has 100 valence electrons. The van der Waals surface area contributed by atoms with Crippen molar-refractivity contribution in [3.63, 3.8) is 0 Å². The van der Waals surface area contributed by atoms with E-state index in [4.69, 9.17) is 9.47 Å². The van der Waals surface area contributed by atoms with Gasteiger partial charge in [0, 0.05) is 17.7 Å². The first-order valence-electron chi connectivity index (χ1n) is 6.27. The SMILES string of the molecule is COc1ccc(Br)c(CC(O)CC2CCOC2)c1. The normalized spacial score (nSPS) is 20.9. The van der Waals surface area contributed by atoms with Gasteiger partial charge in [-0.25, -0.2) is 0 Å². The predicted octanol–water partition coefficient (Wildman–Crippen LogP) is 2.79. The van der Waals surface area contributed by atoms with E-state index in [0.717, 1.165) is 41.8 Å². The van der Waals surface area contributed by atoms with Gasteiger partial charge in [-0.05, 0) is 48.9 Å². The maximum atomic E-state index is 10.1. The van der Waals surface area contributed by atoms with Gasteiger partial charge in [0.1, 0.15) is 5.75 Å². The van der Waals surface area contributed by atoms with Gasteiger partial charge in [-0.1, -0.05) is 15.9 Å². The molecule has 1 fully saturated rings. The fraction of sp³-hybridized carbons (Fsp3) is 0.571. The Morgan fingerprint density at radius 1 is 1.56 bits per heavy atom. The maximum Gasteiger partial charge on any atom is 0.119 e. The maximum absolute atomic E-state index is 10.1. The molecule has 1 N–H and O–H groups in total. The van der Waals surface area contributed by atoms with Crippen molar-refractivity contribution in [3.8, 4) is 5.75 Å². The van der Waals surface area contributed by atoms with Crippen molar-refractivity contribution < 1.29 is 14.6 Å². The zero-order chi connectivity index (χ0) is 13.0. The van der Waals surface area contributed by atoms with Crippen molar-refractivity contribution >= 4 is 15.9 Å². The van der Waals surface area contributed by atoms with Crippen LogP contribution < -0.4 is 4.74 Å². The van der Waals surface area contributed by atoms with Gasteiger partial charge in [0.2, 0.25) is 0 Å². The van der Waals surface area contributed by atoms with Gasteiger partial charge < -0.3 is 14.6 Å². The van der Waals surface area contributed by atoms with Crippen LogP contribution in [0.1, 0.15) is 18.4 Å². The highest BCUT2D eigenvalue weighted by atomic mass is 79.9. The lowest BCUT2D eigenvalue weighted by Gasteiger charge is -2.15. The fourth-order valence-electron chi connectivity index (χ4n) is 2.33. The molecule has 0 amide bonds. The van der Waals surface area contributed by atoms with Crippen LogP contribution in [0.5, 0.6) is 5.75 Å². The lowest BCUT2D eigenvalue weighted by Crippen LogP contribution is -2.16. The van der Waals surface area contributed by atoms with Crippen LogP contribution in [0.3, 0.4) is 0 Å². The Bertz CT molecular complexity index is 389. The second-order valence-electron chi connectivity index (χ2n) is 4.78. The summed E-state index contributed by atoms with van der Waals surface area (Å²) < 4.78 is 11.5. The third-order valence-corrected chi connectivity index (χ3v) is 4.11. The molecule has 0 saturated carbocycles. The first-order valence-corrected chi connectivity index (χ1v) is 7.06. The van der Waals surface area contributed by atoms with E-state index in [9.17, 15) is 5.11 Å². The van der Waals surface area contributed by atoms with Gasteiger partial charge in [-0.3, -0.25) is 0 Å². The molecule has 1 aliphatic heterocycles. The highest BCUT2D eigenvalue weighted by Crippen LogP contribution is 2.26. The Labute approximate surface area is 116 Å². The van der Waals surface area contributed by atoms with Gasteiger partial charge in [0.05, 0.1) is 13.2 Å². The molecule has 1 aromatic carbocycles. The summed E-state index contributed by atoms with van der Waals surface area (Å²) in [7, 11) is 1.65. The molecular formula is C14H19BrO3. The molecule has 1 aliphatic rings. The average Bonchev–Trinajstić information content (AvgIpc) is 2.84. The van der Waals surface area contributed by atoms with E-state index < -0.39 is 0 Å². The Morgan fingerprint density at radius 3 is 3.06 bits per heavy atom. The molecule has 3 nitrogen and oxygen atoms in total. The second-order valence-corrected chi connectivity index (χ2v) is 5.63.